The fourth-order valence-corrected chi connectivity index (χ4v) is 3.91. The molecule has 0 spiro atoms. The van der Waals surface area contributed by atoms with Crippen molar-refractivity contribution >= 4 is 23.2 Å². The molecule has 0 bridgehead atoms. The first kappa shape index (κ1) is 22.3. The summed E-state index contributed by atoms with van der Waals surface area (Å²) in [5.41, 5.74) is 7.07. The van der Waals surface area contributed by atoms with E-state index in [9.17, 15) is 9.59 Å². The lowest BCUT2D eigenvalue weighted by molar-refractivity contribution is 0.0953. The van der Waals surface area contributed by atoms with Crippen molar-refractivity contribution in [2.75, 3.05) is 11.9 Å². The van der Waals surface area contributed by atoms with E-state index in [4.69, 9.17) is 9.15 Å². The maximum absolute atomic E-state index is 13.0. The number of hydrogen-bond donors (Lipinski definition) is 2. The summed E-state index contributed by atoms with van der Waals surface area (Å²) in [5.74, 6) is 0.929. The molecule has 2 amide bonds. The maximum atomic E-state index is 13.0. The number of anilines is 1. The highest BCUT2D eigenvalue weighted by Gasteiger charge is 2.28. The van der Waals surface area contributed by atoms with Gasteiger partial charge in [0.05, 0.1) is 18.0 Å². The summed E-state index contributed by atoms with van der Waals surface area (Å²) in [7, 11) is 0. The Bertz CT molecular complexity index is 1210. The van der Waals surface area contributed by atoms with Crippen LogP contribution in [-0.2, 0) is 6.42 Å². The zero-order chi connectivity index (χ0) is 23.4. The standard InChI is InChI=1S/C26H27N3O4/c1-4-32-21-10-6-5-8-19(21)27-26(31)24-17(3)23-20(9-7-11-22(23)33-24)28-29-25(30)18-14-12-16(2)13-15-18/h5-6,8,10,12-15H,4,7,9,11H2,1-3H3,(H,27,31)(H,29,30)/b28-20+. The molecule has 7 nitrogen and oxygen atoms in total. The van der Waals surface area contributed by atoms with Crippen molar-refractivity contribution < 1.29 is 18.7 Å². The number of ether oxygens (including phenoxy) is 1. The zero-order valence-electron chi connectivity index (χ0n) is 19.0. The summed E-state index contributed by atoms with van der Waals surface area (Å²) in [6.45, 7) is 6.20. The highest BCUT2D eigenvalue weighted by atomic mass is 16.5. The van der Waals surface area contributed by atoms with Crippen LogP contribution in [0.3, 0.4) is 0 Å². The fourth-order valence-electron chi connectivity index (χ4n) is 3.91. The lowest BCUT2D eigenvalue weighted by Gasteiger charge is -2.13. The Labute approximate surface area is 192 Å². The summed E-state index contributed by atoms with van der Waals surface area (Å²) in [4.78, 5) is 25.5. The van der Waals surface area contributed by atoms with Gasteiger partial charge < -0.3 is 14.5 Å². The van der Waals surface area contributed by atoms with E-state index in [-0.39, 0.29) is 17.6 Å². The summed E-state index contributed by atoms with van der Waals surface area (Å²) in [5, 5.41) is 7.27. The van der Waals surface area contributed by atoms with Gasteiger partial charge in [-0.2, -0.15) is 5.10 Å². The molecule has 3 aromatic rings. The van der Waals surface area contributed by atoms with E-state index in [0.29, 0.717) is 53.5 Å². The van der Waals surface area contributed by atoms with Gasteiger partial charge in [-0.15, -0.1) is 0 Å². The zero-order valence-corrected chi connectivity index (χ0v) is 19.0. The minimum atomic E-state index is -0.350. The van der Waals surface area contributed by atoms with Crippen molar-refractivity contribution in [2.45, 2.75) is 40.0 Å². The maximum Gasteiger partial charge on any atom is 0.291 e. The molecular weight excluding hydrogens is 418 g/mol. The molecule has 0 radical (unpaired) electrons. The summed E-state index contributed by atoms with van der Waals surface area (Å²) in [6, 6.07) is 14.6. The second kappa shape index (κ2) is 9.73. The number of aryl methyl sites for hydroxylation is 2. The summed E-state index contributed by atoms with van der Waals surface area (Å²) >= 11 is 0. The number of hydrazone groups is 1. The van der Waals surface area contributed by atoms with Gasteiger partial charge in [0.2, 0.25) is 0 Å². The number of carbonyl (C=O) groups is 2. The van der Waals surface area contributed by atoms with E-state index in [1.54, 1.807) is 24.3 Å². The van der Waals surface area contributed by atoms with Crippen LogP contribution in [0, 0.1) is 13.8 Å². The quantitative estimate of drug-likeness (QED) is 0.521. The van der Waals surface area contributed by atoms with Crippen molar-refractivity contribution in [2.24, 2.45) is 5.10 Å². The van der Waals surface area contributed by atoms with Crippen molar-refractivity contribution in [3.63, 3.8) is 0 Å². The smallest absolute Gasteiger partial charge is 0.291 e. The van der Waals surface area contributed by atoms with Gasteiger partial charge in [0.25, 0.3) is 11.8 Å². The van der Waals surface area contributed by atoms with Crippen LogP contribution in [-0.4, -0.2) is 24.1 Å². The number of benzene rings is 2. The molecule has 0 aliphatic heterocycles. The number of furan rings is 1. The molecule has 0 unspecified atom stereocenters. The molecule has 7 heteroatoms. The predicted molar refractivity (Wildman–Crippen MR) is 127 cm³/mol. The molecule has 4 rings (SSSR count). The lowest BCUT2D eigenvalue weighted by Crippen LogP contribution is -2.22. The van der Waals surface area contributed by atoms with Crippen LogP contribution in [0.4, 0.5) is 5.69 Å². The molecule has 0 atom stereocenters. The molecule has 2 N–H and O–H groups in total. The van der Waals surface area contributed by atoms with Gasteiger partial charge in [0, 0.05) is 23.1 Å². The van der Waals surface area contributed by atoms with Crippen molar-refractivity contribution in [3.05, 3.63) is 82.3 Å². The number of carbonyl (C=O) groups excluding carboxylic acids is 2. The van der Waals surface area contributed by atoms with Crippen LogP contribution in [0.5, 0.6) is 5.75 Å². The van der Waals surface area contributed by atoms with Crippen LogP contribution < -0.4 is 15.5 Å². The van der Waals surface area contributed by atoms with Gasteiger partial charge in [-0.05, 0) is 57.9 Å². The SMILES string of the molecule is CCOc1ccccc1NC(=O)c1oc2c(c1C)/C(=N/NC(=O)c1ccc(C)cc1)CCC2. The van der Waals surface area contributed by atoms with Crippen LogP contribution in [0.15, 0.2) is 58.0 Å². The third-order valence-electron chi connectivity index (χ3n) is 5.57. The van der Waals surface area contributed by atoms with Crippen molar-refractivity contribution in [1.82, 2.24) is 5.43 Å². The molecule has 1 aliphatic rings. The topological polar surface area (TPSA) is 92.9 Å². The molecular formula is C26H27N3O4. The van der Waals surface area contributed by atoms with E-state index in [0.717, 1.165) is 17.5 Å². The molecule has 2 aromatic carbocycles. The third-order valence-corrected chi connectivity index (χ3v) is 5.57. The highest BCUT2D eigenvalue weighted by molar-refractivity contribution is 6.10. The van der Waals surface area contributed by atoms with Crippen LogP contribution in [0.25, 0.3) is 0 Å². The number of nitrogens with zero attached hydrogens (tertiary/aromatic N) is 1. The first-order valence-electron chi connectivity index (χ1n) is 11.1. The molecule has 33 heavy (non-hydrogen) atoms. The van der Waals surface area contributed by atoms with E-state index in [1.165, 1.54) is 0 Å². The predicted octanol–water partition coefficient (Wildman–Crippen LogP) is 5.02. The van der Waals surface area contributed by atoms with E-state index in [1.807, 2.05) is 45.0 Å². The number of hydrogen-bond acceptors (Lipinski definition) is 5. The highest BCUT2D eigenvalue weighted by Crippen LogP contribution is 2.31. The Kier molecular flexibility index (Phi) is 6.58. The molecule has 1 heterocycles. The van der Waals surface area contributed by atoms with Gasteiger partial charge in [0.15, 0.2) is 5.76 Å². The Morgan fingerprint density at radius 1 is 1.03 bits per heavy atom. The van der Waals surface area contributed by atoms with E-state index >= 15 is 0 Å². The molecule has 170 valence electrons. The Morgan fingerprint density at radius 3 is 2.55 bits per heavy atom. The second-order valence-electron chi connectivity index (χ2n) is 7.96. The molecule has 0 saturated carbocycles. The third kappa shape index (κ3) is 4.82. The van der Waals surface area contributed by atoms with E-state index in [2.05, 4.69) is 15.8 Å². The molecule has 0 fully saturated rings. The van der Waals surface area contributed by atoms with Gasteiger partial charge in [-0.1, -0.05) is 29.8 Å². The second-order valence-corrected chi connectivity index (χ2v) is 7.96. The molecule has 1 aromatic heterocycles. The Hall–Kier alpha value is -3.87. The van der Waals surface area contributed by atoms with Gasteiger partial charge >= 0.3 is 0 Å². The summed E-state index contributed by atoms with van der Waals surface area (Å²) < 4.78 is 11.6. The minimum Gasteiger partial charge on any atom is -0.492 e. The average Bonchev–Trinajstić information content (AvgIpc) is 3.16. The van der Waals surface area contributed by atoms with E-state index < -0.39 is 0 Å². The van der Waals surface area contributed by atoms with Crippen LogP contribution >= 0.6 is 0 Å². The van der Waals surface area contributed by atoms with Crippen LogP contribution in [0.2, 0.25) is 0 Å². The Balaban J connectivity index is 1.56. The number of rotatable bonds is 6. The lowest BCUT2D eigenvalue weighted by atomic mass is 9.93. The average molecular weight is 446 g/mol. The summed E-state index contributed by atoms with van der Waals surface area (Å²) in [6.07, 6.45) is 2.23. The largest absolute Gasteiger partial charge is 0.492 e. The fraction of sp³-hybridized carbons (Fsp3) is 0.269. The first-order chi connectivity index (χ1) is 16.0. The number of amides is 2. The van der Waals surface area contributed by atoms with Gasteiger partial charge in [-0.25, -0.2) is 5.43 Å². The van der Waals surface area contributed by atoms with Crippen LogP contribution in [0.1, 0.15) is 63.1 Å². The number of fused-ring (bicyclic) bond motifs is 1. The van der Waals surface area contributed by atoms with Crippen molar-refractivity contribution in [3.8, 4) is 5.75 Å². The molecule has 1 aliphatic carbocycles. The van der Waals surface area contributed by atoms with Gasteiger partial charge in [-0.3, -0.25) is 9.59 Å². The Morgan fingerprint density at radius 2 is 1.79 bits per heavy atom. The van der Waals surface area contributed by atoms with Crippen molar-refractivity contribution in [1.29, 1.82) is 0 Å². The first-order valence-corrected chi connectivity index (χ1v) is 11.1. The van der Waals surface area contributed by atoms with Gasteiger partial charge in [0.1, 0.15) is 11.5 Å². The monoisotopic (exact) mass is 445 g/mol. The number of nitrogens with one attached hydrogen (secondary N) is 2. The normalized spacial score (nSPS) is 14.0. The molecule has 0 saturated heterocycles. The number of para-hydroxylation sites is 2. The minimum absolute atomic E-state index is 0.241.